The van der Waals surface area contributed by atoms with Gasteiger partial charge < -0.3 is 49.6 Å². The minimum absolute atomic E-state index is 0.00772. The second-order valence-electron chi connectivity index (χ2n) is 5.83. The maximum atomic E-state index is 10.3. The summed E-state index contributed by atoms with van der Waals surface area (Å²) in [4.78, 5) is 0. The van der Waals surface area contributed by atoms with Crippen LogP contribution >= 0.6 is 25.3 Å². The number of hydrogen-bond donors (Lipinski definition) is 8. The van der Waals surface area contributed by atoms with Gasteiger partial charge in [0.1, 0.15) is 36.6 Å². The van der Waals surface area contributed by atoms with E-state index < -0.39 is 67.3 Å². The third-order valence-electron chi connectivity index (χ3n) is 4.07. The first-order valence-electron chi connectivity index (χ1n) is 7.94. The first kappa shape index (κ1) is 21.9. The molecule has 2 aliphatic heterocycles. The monoisotopic (exact) mass is 416 g/mol. The van der Waals surface area contributed by atoms with Gasteiger partial charge in [-0.2, -0.15) is 25.3 Å². The van der Waals surface area contributed by atoms with Crippen LogP contribution in [0.15, 0.2) is 11.7 Å². The molecule has 8 atom stereocenters. The van der Waals surface area contributed by atoms with Crippen molar-refractivity contribution in [1.82, 2.24) is 0 Å². The van der Waals surface area contributed by atoms with Crippen molar-refractivity contribution in [3.8, 4) is 0 Å². The molecule has 0 aromatic heterocycles. The van der Waals surface area contributed by atoms with E-state index in [4.69, 9.17) is 18.9 Å². The van der Waals surface area contributed by atoms with E-state index in [1.165, 1.54) is 0 Å². The molecule has 0 radical (unpaired) electrons. The molecule has 2 aliphatic rings. The van der Waals surface area contributed by atoms with Gasteiger partial charge in [-0.25, -0.2) is 0 Å². The molecular formula is C14H24O10S2. The second kappa shape index (κ2) is 9.66. The second-order valence-corrected chi connectivity index (χ2v) is 6.64. The number of thiol groups is 2. The molecule has 0 aromatic carbocycles. The van der Waals surface area contributed by atoms with Gasteiger partial charge in [-0.15, -0.1) is 0 Å². The van der Waals surface area contributed by atoms with Gasteiger partial charge in [0.15, 0.2) is 12.4 Å². The Morgan fingerprint density at radius 3 is 2.27 bits per heavy atom. The van der Waals surface area contributed by atoms with Gasteiger partial charge >= 0.3 is 5.95 Å². The molecule has 5 unspecified atom stereocenters. The highest BCUT2D eigenvalue weighted by atomic mass is 32.1. The maximum Gasteiger partial charge on any atom is 0.322 e. The Morgan fingerprint density at radius 2 is 1.69 bits per heavy atom. The number of aliphatic hydroxyl groups excluding tert-OH is 6. The highest BCUT2D eigenvalue weighted by Gasteiger charge is 2.48. The number of aliphatic hydroxyl groups is 6. The Balaban J connectivity index is 2.16. The lowest BCUT2D eigenvalue weighted by Gasteiger charge is -2.42. The maximum absolute atomic E-state index is 10.3. The average Bonchev–Trinajstić information content (AvgIpc) is 2.64. The third-order valence-corrected chi connectivity index (χ3v) is 4.61. The van der Waals surface area contributed by atoms with Crippen LogP contribution in [0.4, 0.5) is 0 Å². The van der Waals surface area contributed by atoms with Crippen LogP contribution < -0.4 is 0 Å². The van der Waals surface area contributed by atoms with E-state index in [0.717, 1.165) is 0 Å². The zero-order valence-corrected chi connectivity index (χ0v) is 15.4. The van der Waals surface area contributed by atoms with Crippen LogP contribution in [-0.4, -0.2) is 104 Å². The Kier molecular flexibility index (Phi) is 8.12. The molecule has 26 heavy (non-hydrogen) atoms. The van der Waals surface area contributed by atoms with E-state index >= 15 is 0 Å². The Morgan fingerprint density at radius 1 is 1.00 bits per heavy atom. The Labute approximate surface area is 160 Å². The minimum Gasteiger partial charge on any atom is -0.504 e. The fraction of sp³-hybridized carbons (Fsp3) is 0.857. The lowest BCUT2D eigenvalue weighted by Crippen LogP contribution is -2.60. The predicted molar refractivity (Wildman–Crippen MR) is 92.8 cm³/mol. The van der Waals surface area contributed by atoms with E-state index in [1.54, 1.807) is 0 Å². The van der Waals surface area contributed by atoms with Gasteiger partial charge in [-0.1, -0.05) is 0 Å². The topological polar surface area (TPSA) is 158 Å². The van der Waals surface area contributed by atoms with Crippen molar-refractivity contribution in [2.24, 2.45) is 0 Å². The van der Waals surface area contributed by atoms with Gasteiger partial charge in [-0.3, -0.25) is 0 Å². The third kappa shape index (κ3) is 4.51. The van der Waals surface area contributed by atoms with Crippen molar-refractivity contribution in [1.29, 1.82) is 0 Å². The van der Waals surface area contributed by atoms with Crippen LogP contribution in [0.1, 0.15) is 0 Å². The Bertz CT molecular complexity index is 490. The first-order chi connectivity index (χ1) is 12.3. The van der Waals surface area contributed by atoms with Crippen LogP contribution in [0.3, 0.4) is 0 Å². The zero-order chi connectivity index (χ0) is 19.4. The van der Waals surface area contributed by atoms with E-state index in [1.807, 2.05) is 0 Å². The first-order valence-corrected chi connectivity index (χ1v) is 9.20. The molecular weight excluding hydrogens is 392 g/mol. The molecule has 0 spiro atoms. The van der Waals surface area contributed by atoms with Gasteiger partial charge in [0.2, 0.25) is 5.76 Å². The van der Waals surface area contributed by atoms with Crippen molar-refractivity contribution in [2.45, 2.75) is 49.0 Å². The average molecular weight is 416 g/mol. The van der Waals surface area contributed by atoms with Gasteiger partial charge in [0.05, 0.1) is 13.2 Å². The Hall–Kier alpha value is -0.440. The standard InChI is InChI=1S/C14H24O10S2/c15-3-5-12(9(18)11(20)13(22-5)21-1-2-25)24-14-10(19)8(17)7(16)6(4-26)23-14/h5-9,11-13,15-20,25-26H,1-4H2/t5?,6?,7-,8?,9?,11?,12+,13+/m0/s1. The van der Waals surface area contributed by atoms with Gasteiger partial charge in [-0.05, 0) is 0 Å². The van der Waals surface area contributed by atoms with E-state index in [0.29, 0.717) is 5.75 Å². The SMILES string of the molecule is OCC1O[C@@H](OCCS)C(O)C(O)[C@@H]1OC1=C(O)C(O)[C@@H](O)C(CS)O1. The molecule has 0 aromatic rings. The summed E-state index contributed by atoms with van der Waals surface area (Å²) in [6.45, 7) is -0.450. The normalized spacial score (nSPS) is 41.0. The van der Waals surface area contributed by atoms with Crippen LogP contribution in [0.5, 0.6) is 0 Å². The molecule has 152 valence electrons. The van der Waals surface area contributed by atoms with Crippen molar-refractivity contribution in [3.63, 3.8) is 0 Å². The summed E-state index contributed by atoms with van der Waals surface area (Å²) in [5, 5.41) is 59.5. The molecule has 1 fully saturated rings. The smallest absolute Gasteiger partial charge is 0.322 e. The lowest BCUT2D eigenvalue weighted by molar-refractivity contribution is -0.308. The largest absolute Gasteiger partial charge is 0.504 e. The molecule has 1 saturated heterocycles. The summed E-state index contributed by atoms with van der Waals surface area (Å²) < 4.78 is 21.2. The quantitative estimate of drug-likeness (QED) is 0.209. The summed E-state index contributed by atoms with van der Waals surface area (Å²) in [6, 6.07) is 0. The van der Waals surface area contributed by atoms with Crippen LogP contribution in [-0.2, 0) is 18.9 Å². The number of rotatable bonds is 7. The molecule has 2 rings (SSSR count). The fourth-order valence-electron chi connectivity index (χ4n) is 2.62. The van der Waals surface area contributed by atoms with Crippen molar-refractivity contribution < 1.29 is 49.6 Å². The molecule has 0 bridgehead atoms. The molecule has 6 N–H and O–H groups in total. The van der Waals surface area contributed by atoms with E-state index in [9.17, 15) is 30.6 Å². The zero-order valence-electron chi connectivity index (χ0n) is 13.7. The number of ether oxygens (including phenoxy) is 4. The molecule has 12 heteroatoms. The van der Waals surface area contributed by atoms with Crippen molar-refractivity contribution in [3.05, 3.63) is 11.7 Å². The summed E-state index contributed by atoms with van der Waals surface area (Å²) >= 11 is 7.95. The van der Waals surface area contributed by atoms with Crippen LogP contribution in [0.25, 0.3) is 0 Å². The van der Waals surface area contributed by atoms with Gasteiger partial charge in [0, 0.05) is 11.5 Å². The molecule has 0 amide bonds. The van der Waals surface area contributed by atoms with Crippen molar-refractivity contribution >= 4 is 25.3 Å². The van der Waals surface area contributed by atoms with Crippen LogP contribution in [0, 0.1) is 0 Å². The molecule has 0 saturated carbocycles. The molecule has 2 heterocycles. The lowest BCUT2D eigenvalue weighted by atomic mass is 9.99. The highest BCUT2D eigenvalue weighted by molar-refractivity contribution is 7.80. The van der Waals surface area contributed by atoms with Gasteiger partial charge in [0.25, 0.3) is 0 Å². The van der Waals surface area contributed by atoms with Crippen LogP contribution in [0.2, 0.25) is 0 Å². The summed E-state index contributed by atoms with van der Waals surface area (Å²) in [5.41, 5.74) is 0. The predicted octanol–water partition coefficient (Wildman–Crippen LogP) is -2.47. The summed E-state index contributed by atoms with van der Waals surface area (Å²) in [7, 11) is 0. The number of hydrogen-bond acceptors (Lipinski definition) is 12. The fourth-order valence-corrected chi connectivity index (χ4v) is 3.01. The highest BCUT2D eigenvalue weighted by Crippen LogP contribution is 2.30. The molecule has 10 nitrogen and oxygen atoms in total. The molecule has 0 aliphatic carbocycles. The van der Waals surface area contributed by atoms with Crippen molar-refractivity contribution in [2.75, 3.05) is 24.7 Å². The minimum atomic E-state index is -1.68. The summed E-state index contributed by atoms with van der Waals surface area (Å²) in [5.74, 6) is -0.989. The van der Waals surface area contributed by atoms with E-state index in [2.05, 4.69) is 25.3 Å². The summed E-state index contributed by atoms with van der Waals surface area (Å²) in [6.07, 6.45) is -10.8. The van der Waals surface area contributed by atoms with E-state index in [-0.39, 0.29) is 12.4 Å².